The van der Waals surface area contributed by atoms with E-state index in [0.29, 0.717) is 24.7 Å². The van der Waals surface area contributed by atoms with Gasteiger partial charge in [0, 0.05) is 6.04 Å². The molecule has 1 aliphatic heterocycles. The standard InChI is InChI=1S/C13H18N2O4/c1-7-4-11-12(19-3-2-18-11)5-8(7)9(14)6-10(15)13(16)17/h4-5,9-10H,2-3,6,14-15H2,1H3,(H,16,17). The molecule has 0 radical (unpaired) electrons. The van der Waals surface area contributed by atoms with Gasteiger partial charge in [0.2, 0.25) is 0 Å². The molecule has 0 amide bonds. The predicted octanol–water partition coefficient (Wildman–Crippen LogP) is 0.568. The molecule has 2 unspecified atom stereocenters. The molecule has 6 nitrogen and oxygen atoms in total. The Kier molecular flexibility index (Phi) is 3.92. The maximum absolute atomic E-state index is 10.8. The SMILES string of the molecule is Cc1cc2c(cc1C(N)CC(N)C(=O)O)OCCO2. The van der Waals surface area contributed by atoms with Crippen LogP contribution in [0.3, 0.4) is 0 Å². The molecule has 1 aromatic rings. The molecule has 1 aliphatic rings. The summed E-state index contributed by atoms with van der Waals surface area (Å²) in [6, 6.07) is 2.25. The van der Waals surface area contributed by atoms with Crippen molar-refractivity contribution < 1.29 is 19.4 Å². The van der Waals surface area contributed by atoms with Crippen LogP contribution in [0, 0.1) is 6.92 Å². The molecule has 104 valence electrons. The van der Waals surface area contributed by atoms with Gasteiger partial charge in [0.25, 0.3) is 0 Å². The highest BCUT2D eigenvalue weighted by Crippen LogP contribution is 2.35. The zero-order valence-corrected chi connectivity index (χ0v) is 10.8. The van der Waals surface area contributed by atoms with Crippen molar-refractivity contribution in [2.75, 3.05) is 13.2 Å². The Balaban J connectivity index is 2.21. The van der Waals surface area contributed by atoms with Crippen LogP contribution < -0.4 is 20.9 Å². The molecule has 19 heavy (non-hydrogen) atoms. The summed E-state index contributed by atoms with van der Waals surface area (Å²) >= 11 is 0. The zero-order valence-electron chi connectivity index (χ0n) is 10.8. The third-order valence-electron chi connectivity index (χ3n) is 3.16. The second kappa shape index (κ2) is 5.46. The van der Waals surface area contributed by atoms with Crippen LogP contribution in [0.4, 0.5) is 0 Å². The maximum atomic E-state index is 10.8. The lowest BCUT2D eigenvalue weighted by atomic mass is 9.96. The minimum absolute atomic E-state index is 0.176. The van der Waals surface area contributed by atoms with Crippen molar-refractivity contribution in [1.29, 1.82) is 0 Å². The van der Waals surface area contributed by atoms with Crippen molar-refractivity contribution in [3.63, 3.8) is 0 Å². The van der Waals surface area contributed by atoms with Gasteiger partial charge in [-0.25, -0.2) is 0 Å². The molecule has 0 spiro atoms. The number of aryl methyl sites for hydroxylation is 1. The number of fused-ring (bicyclic) bond motifs is 1. The van der Waals surface area contributed by atoms with Gasteiger partial charge in [-0.2, -0.15) is 0 Å². The molecule has 2 rings (SSSR count). The lowest BCUT2D eigenvalue weighted by molar-refractivity contribution is -0.138. The molecular formula is C13H18N2O4. The fourth-order valence-corrected chi connectivity index (χ4v) is 2.11. The average molecular weight is 266 g/mol. The second-order valence-electron chi connectivity index (χ2n) is 4.64. The van der Waals surface area contributed by atoms with Gasteiger partial charge in [-0.3, -0.25) is 4.79 Å². The smallest absolute Gasteiger partial charge is 0.320 e. The van der Waals surface area contributed by atoms with Crippen LogP contribution in [0.5, 0.6) is 11.5 Å². The first-order chi connectivity index (χ1) is 8.99. The molecule has 5 N–H and O–H groups in total. The number of benzene rings is 1. The van der Waals surface area contributed by atoms with E-state index in [1.165, 1.54) is 0 Å². The van der Waals surface area contributed by atoms with Crippen molar-refractivity contribution >= 4 is 5.97 Å². The van der Waals surface area contributed by atoms with E-state index in [1.807, 2.05) is 19.1 Å². The van der Waals surface area contributed by atoms with E-state index < -0.39 is 18.1 Å². The molecule has 0 fully saturated rings. The van der Waals surface area contributed by atoms with Crippen molar-refractivity contribution in [2.24, 2.45) is 11.5 Å². The molecule has 0 aromatic heterocycles. The number of carboxylic acids is 1. The Labute approximate surface area is 111 Å². The van der Waals surface area contributed by atoms with E-state index in [2.05, 4.69) is 0 Å². The van der Waals surface area contributed by atoms with Crippen LogP contribution in [-0.4, -0.2) is 30.3 Å². The summed E-state index contributed by atoms with van der Waals surface area (Å²) < 4.78 is 11.0. The van der Waals surface area contributed by atoms with E-state index in [1.54, 1.807) is 0 Å². The predicted molar refractivity (Wildman–Crippen MR) is 69.3 cm³/mol. The first-order valence-corrected chi connectivity index (χ1v) is 6.13. The van der Waals surface area contributed by atoms with Crippen molar-refractivity contribution in [3.05, 3.63) is 23.3 Å². The fourth-order valence-electron chi connectivity index (χ4n) is 2.11. The van der Waals surface area contributed by atoms with E-state index >= 15 is 0 Å². The Morgan fingerprint density at radius 2 is 1.89 bits per heavy atom. The van der Waals surface area contributed by atoms with Crippen LogP contribution in [0.25, 0.3) is 0 Å². The maximum Gasteiger partial charge on any atom is 0.320 e. The molecule has 0 bridgehead atoms. The molecule has 6 heteroatoms. The highest BCUT2D eigenvalue weighted by Gasteiger charge is 2.21. The van der Waals surface area contributed by atoms with Gasteiger partial charge in [0.1, 0.15) is 19.3 Å². The van der Waals surface area contributed by atoms with E-state index in [9.17, 15) is 4.79 Å². The first kappa shape index (κ1) is 13.6. The topological polar surface area (TPSA) is 108 Å². The number of aliphatic carboxylic acids is 1. The van der Waals surface area contributed by atoms with E-state index in [-0.39, 0.29) is 6.42 Å². The van der Waals surface area contributed by atoms with Gasteiger partial charge in [-0.1, -0.05) is 0 Å². The molecule has 2 atom stereocenters. The Bertz CT molecular complexity index is 490. The molecule has 0 saturated carbocycles. The van der Waals surface area contributed by atoms with E-state index in [0.717, 1.165) is 11.1 Å². The molecule has 0 aliphatic carbocycles. The Hall–Kier alpha value is -1.79. The van der Waals surface area contributed by atoms with Gasteiger partial charge < -0.3 is 26.0 Å². The van der Waals surface area contributed by atoms with Crippen LogP contribution in [0.15, 0.2) is 12.1 Å². The summed E-state index contributed by atoms with van der Waals surface area (Å²) in [7, 11) is 0. The van der Waals surface area contributed by atoms with Gasteiger partial charge in [-0.15, -0.1) is 0 Å². The fraction of sp³-hybridized carbons (Fsp3) is 0.462. The summed E-state index contributed by atoms with van der Waals surface area (Å²) in [6.07, 6.45) is 0.176. The van der Waals surface area contributed by atoms with Gasteiger partial charge in [-0.05, 0) is 36.6 Å². The molecular weight excluding hydrogens is 248 g/mol. The van der Waals surface area contributed by atoms with Crippen molar-refractivity contribution in [1.82, 2.24) is 0 Å². The monoisotopic (exact) mass is 266 g/mol. The zero-order chi connectivity index (χ0) is 14.0. The molecule has 1 heterocycles. The van der Waals surface area contributed by atoms with Crippen LogP contribution >= 0.6 is 0 Å². The van der Waals surface area contributed by atoms with Crippen LogP contribution in [0.2, 0.25) is 0 Å². The van der Waals surface area contributed by atoms with Crippen LogP contribution in [0.1, 0.15) is 23.6 Å². The summed E-state index contributed by atoms with van der Waals surface area (Å²) in [5.74, 6) is 0.291. The third-order valence-corrected chi connectivity index (χ3v) is 3.16. The normalized spacial score (nSPS) is 16.8. The number of carbonyl (C=O) groups is 1. The van der Waals surface area contributed by atoms with Gasteiger partial charge >= 0.3 is 5.97 Å². The van der Waals surface area contributed by atoms with Crippen molar-refractivity contribution in [2.45, 2.75) is 25.4 Å². The minimum atomic E-state index is -1.05. The number of hydrogen-bond donors (Lipinski definition) is 3. The average Bonchev–Trinajstić information content (AvgIpc) is 2.37. The Morgan fingerprint density at radius 1 is 1.32 bits per heavy atom. The number of carboxylic acid groups (broad SMARTS) is 1. The molecule has 1 aromatic carbocycles. The van der Waals surface area contributed by atoms with E-state index in [4.69, 9.17) is 26.0 Å². The lowest BCUT2D eigenvalue weighted by Gasteiger charge is -2.23. The summed E-state index contributed by atoms with van der Waals surface area (Å²) in [5.41, 5.74) is 13.3. The highest BCUT2D eigenvalue weighted by molar-refractivity contribution is 5.73. The summed E-state index contributed by atoms with van der Waals surface area (Å²) in [6.45, 7) is 2.93. The first-order valence-electron chi connectivity index (χ1n) is 6.13. The number of ether oxygens (including phenoxy) is 2. The largest absolute Gasteiger partial charge is 0.486 e. The second-order valence-corrected chi connectivity index (χ2v) is 4.64. The summed E-state index contributed by atoms with van der Waals surface area (Å²) in [5, 5.41) is 8.81. The quantitative estimate of drug-likeness (QED) is 0.735. The number of nitrogens with two attached hydrogens (primary N) is 2. The number of rotatable bonds is 4. The number of hydrogen-bond acceptors (Lipinski definition) is 5. The van der Waals surface area contributed by atoms with Crippen LogP contribution in [-0.2, 0) is 4.79 Å². The summed E-state index contributed by atoms with van der Waals surface area (Å²) in [4.78, 5) is 10.8. The van der Waals surface area contributed by atoms with Crippen molar-refractivity contribution in [3.8, 4) is 11.5 Å². The highest BCUT2D eigenvalue weighted by atomic mass is 16.6. The van der Waals surface area contributed by atoms with Gasteiger partial charge in [0.15, 0.2) is 11.5 Å². The third kappa shape index (κ3) is 2.97. The lowest BCUT2D eigenvalue weighted by Crippen LogP contribution is -2.34. The Morgan fingerprint density at radius 3 is 2.47 bits per heavy atom. The minimum Gasteiger partial charge on any atom is -0.486 e. The molecule has 0 saturated heterocycles. The van der Waals surface area contributed by atoms with Gasteiger partial charge in [0.05, 0.1) is 0 Å².